The van der Waals surface area contributed by atoms with Crippen LogP contribution in [0.3, 0.4) is 0 Å². The van der Waals surface area contributed by atoms with Crippen LogP contribution in [-0.4, -0.2) is 20.4 Å². The molecule has 0 radical (unpaired) electrons. The third-order valence-corrected chi connectivity index (χ3v) is 7.13. The van der Waals surface area contributed by atoms with Crippen LogP contribution in [0.15, 0.2) is 77.7 Å². The molecule has 0 bridgehead atoms. The Balaban J connectivity index is 1.41. The minimum absolute atomic E-state index is 0.106. The molecule has 5 N–H and O–H groups in total. The Morgan fingerprint density at radius 2 is 1.64 bits per heavy atom. The number of urea groups is 1. The molecule has 8 nitrogen and oxygen atoms in total. The summed E-state index contributed by atoms with van der Waals surface area (Å²) in [5.41, 5.74) is 9.41. The molecule has 9 heteroatoms. The Labute approximate surface area is 192 Å². The molecule has 170 valence electrons. The average Bonchev–Trinajstić information content (AvgIpc) is 3.26. The lowest BCUT2D eigenvalue weighted by Gasteiger charge is -2.16. The molecule has 0 spiro atoms. The Kier molecular flexibility index (Phi) is 6.43. The van der Waals surface area contributed by atoms with Crippen molar-refractivity contribution >= 4 is 27.5 Å². The standard InChI is InChI=1S/C24H24N4O4S/c25-23(29)22(17-4-2-1-3-5-17)28-24(30)27-20-8-10-21(11-9-20)33(31,32)15-16-6-7-18-13-26-14-19(18)12-16/h1-12,22,26H,13-15H2,(H2,25,29)(H2,27,28,30). The fraction of sp³-hybridized carbons (Fsp3) is 0.167. The quantitative estimate of drug-likeness (QED) is 0.427. The summed E-state index contributed by atoms with van der Waals surface area (Å²) in [5.74, 6) is -0.801. The molecule has 1 aliphatic heterocycles. The van der Waals surface area contributed by atoms with Crippen LogP contribution in [0.25, 0.3) is 0 Å². The second kappa shape index (κ2) is 9.43. The molecule has 33 heavy (non-hydrogen) atoms. The molecule has 3 amide bonds. The molecule has 1 unspecified atom stereocenters. The van der Waals surface area contributed by atoms with Crippen LogP contribution in [0.1, 0.15) is 28.3 Å². The summed E-state index contributed by atoms with van der Waals surface area (Å²) in [5, 5.41) is 8.37. The molecule has 0 saturated heterocycles. The third-order valence-electron chi connectivity index (χ3n) is 5.42. The molecule has 0 aromatic heterocycles. The number of hydrogen-bond donors (Lipinski definition) is 4. The van der Waals surface area contributed by atoms with Crippen molar-refractivity contribution in [3.63, 3.8) is 0 Å². The van der Waals surface area contributed by atoms with E-state index >= 15 is 0 Å². The summed E-state index contributed by atoms with van der Waals surface area (Å²) in [6.07, 6.45) is 0. The second-order valence-corrected chi connectivity index (χ2v) is 9.82. The number of sulfone groups is 1. The van der Waals surface area contributed by atoms with Crippen molar-refractivity contribution in [2.24, 2.45) is 5.73 Å². The highest BCUT2D eigenvalue weighted by Crippen LogP contribution is 2.22. The number of nitrogens with one attached hydrogen (secondary N) is 3. The number of amides is 3. The first kappa shape index (κ1) is 22.5. The second-order valence-electron chi connectivity index (χ2n) is 7.83. The van der Waals surface area contributed by atoms with Gasteiger partial charge in [0.1, 0.15) is 6.04 Å². The van der Waals surface area contributed by atoms with Crippen LogP contribution in [0, 0.1) is 0 Å². The SMILES string of the molecule is NC(=O)C(NC(=O)Nc1ccc(S(=O)(=O)Cc2ccc3c(c2)CNC3)cc1)c1ccccc1. The highest BCUT2D eigenvalue weighted by atomic mass is 32.2. The fourth-order valence-electron chi connectivity index (χ4n) is 3.75. The van der Waals surface area contributed by atoms with E-state index < -0.39 is 27.8 Å². The zero-order chi connectivity index (χ0) is 23.4. The molecule has 4 rings (SSSR count). The van der Waals surface area contributed by atoms with Gasteiger partial charge in [0, 0.05) is 18.8 Å². The van der Waals surface area contributed by atoms with Gasteiger partial charge in [-0.1, -0.05) is 48.5 Å². The first-order valence-corrected chi connectivity index (χ1v) is 12.0. The number of hydrogen-bond acceptors (Lipinski definition) is 5. The monoisotopic (exact) mass is 464 g/mol. The van der Waals surface area contributed by atoms with Crippen molar-refractivity contribution in [1.82, 2.24) is 10.6 Å². The van der Waals surface area contributed by atoms with Gasteiger partial charge in [-0.3, -0.25) is 4.79 Å². The largest absolute Gasteiger partial charge is 0.368 e. The lowest BCUT2D eigenvalue weighted by atomic mass is 10.1. The van der Waals surface area contributed by atoms with Gasteiger partial charge >= 0.3 is 6.03 Å². The molecule has 1 heterocycles. The first-order chi connectivity index (χ1) is 15.8. The average molecular weight is 465 g/mol. The number of fused-ring (bicyclic) bond motifs is 1. The van der Waals surface area contributed by atoms with Crippen molar-refractivity contribution in [2.75, 3.05) is 5.32 Å². The van der Waals surface area contributed by atoms with Crippen molar-refractivity contribution in [1.29, 1.82) is 0 Å². The van der Waals surface area contributed by atoms with Crippen LogP contribution in [0.4, 0.5) is 10.5 Å². The van der Waals surface area contributed by atoms with Crippen LogP contribution in [0.2, 0.25) is 0 Å². The first-order valence-electron chi connectivity index (χ1n) is 10.4. The lowest BCUT2D eigenvalue weighted by Crippen LogP contribution is -2.39. The van der Waals surface area contributed by atoms with E-state index in [0.717, 1.165) is 24.2 Å². The Morgan fingerprint density at radius 3 is 2.33 bits per heavy atom. The van der Waals surface area contributed by atoms with E-state index in [0.29, 0.717) is 11.3 Å². The summed E-state index contributed by atoms with van der Waals surface area (Å²) in [6.45, 7) is 1.54. The third kappa shape index (κ3) is 5.39. The molecular weight excluding hydrogens is 440 g/mol. The van der Waals surface area contributed by atoms with E-state index in [9.17, 15) is 18.0 Å². The number of nitrogens with two attached hydrogens (primary N) is 1. The van der Waals surface area contributed by atoms with Crippen LogP contribution < -0.4 is 21.7 Å². The maximum absolute atomic E-state index is 12.8. The van der Waals surface area contributed by atoms with Gasteiger partial charge < -0.3 is 21.7 Å². The zero-order valence-corrected chi connectivity index (χ0v) is 18.6. The number of primary amides is 1. The minimum Gasteiger partial charge on any atom is -0.368 e. The van der Waals surface area contributed by atoms with Crippen LogP contribution in [0.5, 0.6) is 0 Å². The smallest absolute Gasteiger partial charge is 0.320 e. The Bertz CT molecular complexity index is 1280. The number of carbonyl (C=O) groups is 2. The highest BCUT2D eigenvalue weighted by Gasteiger charge is 2.21. The van der Waals surface area contributed by atoms with E-state index in [-0.39, 0.29) is 10.6 Å². The van der Waals surface area contributed by atoms with Crippen LogP contribution in [-0.2, 0) is 33.5 Å². The summed E-state index contributed by atoms with van der Waals surface area (Å²) in [7, 11) is -3.55. The van der Waals surface area contributed by atoms with Gasteiger partial charge in [0.2, 0.25) is 5.91 Å². The van der Waals surface area contributed by atoms with Gasteiger partial charge in [0.15, 0.2) is 9.84 Å². The van der Waals surface area contributed by atoms with E-state index in [4.69, 9.17) is 5.73 Å². The van der Waals surface area contributed by atoms with Gasteiger partial charge in [-0.25, -0.2) is 13.2 Å². The van der Waals surface area contributed by atoms with E-state index in [2.05, 4.69) is 16.0 Å². The predicted octanol–water partition coefficient (Wildman–Crippen LogP) is 2.61. The molecule has 0 aliphatic carbocycles. The molecule has 1 aliphatic rings. The van der Waals surface area contributed by atoms with E-state index in [1.54, 1.807) is 30.3 Å². The summed E-state index contributed by atoms with van der Waals surface area (Å²) in [4.78, 5) is 24.3. The predicted molar refractivity (Wildman–Crippen MR) is 125 cm³/mol. The van der Waals surface area contributed by atoms with Crippen molar-refractivity contribution in [3.8, 4) is 0 Å². The molecule has 3 aromatic rings. The highest BCUT2D eigenvalue weighted by molar-refractivity contribution is 7.90. The van der Waals surface area contributed by atoms with Crippen molar-refractivity contribution in [3.05, 3.63) is 95.1 Å². The fourth-order valence-corrected chi connectivity index (χ4v) is 5.08. The Morgan fingerprint density at radius 1 is 0.939 bits per heavy atom. The van der Waals surface area contributed by atoms with Crippen LogP contribution >= 0.6 is 0 Å². The minimum atomic E-state index is -3.55. The number of anilines is 1. The molecule has 0 fully saturated rings. The molecular formula is C24H24N4O4S. The molecule has 1 atom stereocenters. The van der Waals surface area contributed by atoms with Gasteiger partial charge in [-0.05, 0) is 46.5 Å². The zero-order valence-electron chi connectivity index (χ0n) is 17.7. The van der Waals surface area contributed by atoms with Gasteiger partial charge in [-0.15, -0.1) is 0 Å². The van der Waals surface area contributed by atoms with Crippen molar-refractivity contribution < 1.29 is 18.0 Å². The van der Waals surface area contributed by atoms with Gasteiger partial charge in [0.05, 0.1) is 10.6 Å². The molecule has 3 aromatic carbocycles. The normalized spacial score (nSPS) is 13.7. The number of carbonyl (C=O) groups excluding carboxylic acids is 2. The maximum atomic E-state index is 12.8. The summed E-state index contributed by atoms with van der Waals surface area (Å²) >= 11 is 0. The van der Waals surface area contributed by atoms with E-state index in [1.165, 1.54) is 29.8 Å². The topological polar surface area (TPSA) is 130 Å². The molecule has 0 saturated carbocycles. The summed E-state index contributed by atoms with van der Waals surface area (Å²) < 4.78 is 25.7. The van der Waals surface area contributed by atoms with E-state index in [1.807, 2.05) is 18.2 Å². The van der Waals surface area contributed by atoms with Gasteiger partial charge in [-0.2, -0.15) is 0 Å². The number of benzene rings is 3. The van der Waals surface area contributed by atoms with Gasteiger partial charge in [0.25, 0.3) is 0 Å². The maximum Gasteiger partial charge on any atom is 0.320 e. The van der Waals surface area contributed by atoms with Crippen molar-refractivity contribution in [2.45, 2.75) is 29.8 Å². The Hall–Kier alpha value is -3.69. The number of rotatable bonds is 7. The summed E-state index contributed by atoms with van der Waals surface area (Å²) in [6, 6.07) is 18.6. The lowest BCUT2D eigenvalue weighted by molar-refractivity contribution is -0.119.